The number of carbonyl (C=O) groups is 1. The molecule has 0 bridgehead atoms. The van der Waals surface area contributed by atoms with Crippen molar-refractivity contribution in [3.05, 3.63) is 0 Å². The van der Waals surface area contributed by atoms with Crippen LogP contribution in [0.5, 0.6) is 0 Å². The lowest BCUT2D eigenvalue weighted by Crippen LogP contribution is -2.37. The molecule has 9 nitrogen and oxygen atoms in total. The normalized spacial score (nSPS) is 12.2. The molecule has 0 fully saturated rings. The van der Waals surface area contributed by atoms with E-state index in [1.165, 1.54) is 155 Å². The summed E-state index contributed by atoms with van der Waals surface area (Å²) in [6.45, 7) is 7.66. The Balaban J connectivity index is 4.23. The fraction of sp³-hybridized carbons (Fsp3) is 0.974. The largest absolute Gasteiger partial charge is 0.450 e. The van der Waals surface area contributed by atoms with E-state index in [1.807, 2.05) is 0 Å². The van der Waals surface area contributed by atoms with Gasteiger partial charge >= 0.3 is 6.09 Å². The van der Waals surface area contributed by atoms with Gasteiger partial charge in [0.2, 0.25) is 0 Å². The van der Waals surface area contributed by atoms with Gasteiger partial charge < -0.3 is 19.5 Å². The van der Waals surface area contributed by atoms with Crippen LogP contribution in [0.25, 0.3) is 0 Å². The summed E-state index contributed by atoms with van der Waals surface area (Å²) in [5.41, 5.74) is 0. The number of hydrogen-bond donors (Lipinski definition) is 1. The maximum absolute atomic E-state index is 12.4. The molecule has 0 aromatic rings. The van der Waals surface area contributed by atoms with Crippen LogP contribution in [0, 0.1) is 5.92 Å². The van der Waals surface area contributed by atoms with Crippen molar-refractivity contribution >= 4 is 6.09 Å². The van der Waals surface area contributed by atoms with E-state index < -0.39 is 6.09 Å². The van der Waals surface area contributed by atoms with E-state index in [1.54, 1.807) is 0 Å². The number of ether oxygens (including phenoxy) is 3. The minimum atomic E-state index is -0.464. The van der Waals surface area contributed by atoms with E-state index in [0.29, 0.717) is 39.4 Å². The summed E-state index contributed by atoms with van der Waals surface area (Å²) in [5, 5.41) is 2.86. The van der Waals surface area contributed by atoms with E-state index in [4.69, 9.17) is 24.0 Å². The topological polar surface area (TPSA) is 93.7 Å². The van der Waals surface area contributed by atoms with Crippen LogP contribution in [0.3, 0.4) is 0 Å². The first-order chi connectivity index (χ1) is 23.7. The van der Waals surface area contributed by atoms with Crippen LogP contribution < -0.4 is 5.32 Å². The molecule has 0 aromatic heterocycles. The first-order valence-corrected chi connectivity index (χ1v) is 20.1. The Labute approximate surface area is 296 Å². The van der Waals surface area contributed by atoms with Crippen molar-refractivity contribution in [3.8, 4) is 0 Å². The Bertz CT molecular complexity index is 619. The van der Waals surface area contributed by atoms with E-state index in [0.717, 1.165) is 19.4 Å². The molecule has 0 saturated heterocycles. The predicted octanol–water partition coefficient (Wildman–Crippen LogP) is 10.7. The summed E-state index contributed by atoms with van der Waals surface area (Å²) in [6, 6.07) is 0. The number of amides is 1. The Hall–Kier alpha value is -0.970. The fourth-order valence-corrected chi connectivity index (χ4v) is 5.73. The average Bonchev–Trinajstić information content (AvgIpc) is 3.09. The van der Waals surface area contributed by atoms with Crippen LogP contribution in [-0.2, 0) is 33.8 Å². The Morgan fingerprint density at radius 3 is 1.38 bits per heavy atom. The van der Waals surface area contributed by atoms with Crippen molar-refractivity contribution in [2.24, 2.45) is 5.92 Å². The minimum Gasteiger partial charge on any atom is -0.450 e. The molecule has 0 rings (SSSR count). The van der Waals surface area contributed by atoms with Crippen molar-refractivity contribution < 1.29 is 38.6 Å². The van der Waals surface area contributed by atoms with Crippen LogP contribution in [0.1, 0.15) is 174 Å². The lowest BCUT2D eigenvalue weighted by atomic mass is 10.1. The third-order valence-electron chi connectivity index (χ3n) is 8.87. The molecule has 1 amide bonds. The molecule has 0 aliphatic heterocycles. The summed E-state index contributed by atoms with van der Waals surface area (Å²) >= 11 is 0. The SMILES string of the molecule is CCCCCCCCCCCCCCOCC(CNC(=O)OCCC(COOC)COOC)OCCCCCCCCCCCCCC. The molecule has 0 aliphatic rings. The number of hydrogen-bond acceptors (Lipinski definition) is 8. The smallest absolute Gasteiger partial charge is 0.407 e. The minimum absolute atomic E-state index is 0.0296. The highest BCUT2D eigenvalue weighted by atomic mass is 17.2. The van der Waals surface area contributed by atoms with Crippen molar-refractivity contribution in [2.45, 2.75) is 180 Å². The van der Waals surface area contributed by atoms with Crippen molar-refractivity contribution in [2.75, 3.05) is 60.4 Å². The predicted molar refractivity (Wildman–Crippen MR) is 196 cm³/mol. The van der Waals surface area contributed by atoms with Gasteiger partial charge in [-0.25, -0.2) is 24.3 Å². The summed E-state index contributed by atoms with van der Waals surface area (Å²) in [6.07, 6.45) is 31.6. The van der Waals surface area contributed by atoms with Gasteiger partial charge in [-0.05, 0) is 19.3 Å². The molecule has 0 saturated carbocycles. The molecular weight excluding hydrogens is 610 g/mol. The lowest BCUT2D eigenvalue weighted by molar-refractivity contribution is -0.307. The van der Waals surface area contributed by atoms with Gasteiger partial charge in [0, 0.05) is 25.7 Å². The summed E-state index contributed by atoms with van der Waals surface area (Å²) in [7, 11) is 2.91. The third kappa shape index (κ3) is 36.3. The standard InChI is InChI=1S/C39H79NO8/c1-5-7-9-11-13-15-17-19-21-23-25-27-30-44-36-38(45-31-28-26-24-22-20-18-16-14-12-10-8-6-2)33-40-39(41)46-32-29-37(34-47-42-3)35-48-43-4/h37-38H,5-36H2,1-4H3,(H,40,41). The second-order valence-electron chi connectivity index (χ2n) is 13.4. The first-order valence-electron chi connectivity index (χ1n) is 20.1. The van der Waals surface area contributed by atoms with Gasteiger partial charge in [-0.3, -0.25) is 0 Å². The average molecular weight is 690 g/mol. The Morgan fingerprint density at radius 2 is 0.938 bits per heavy atom. The van der Waals surface area contributed by atoms with Crippen LogP contribution in [0.15, 0.2) is 0 Å². The number of rotatable bonds is 40. The van der Waals surface area contributed by atoms with Crippen LogP contribution in [-0.4, -0.2) is 72.6 Å². The second kappa shape index (κ2) is 40.5. The maximum Gasteiger partial charge on any atom is 0.407 e. The zero-order valence-corrected chi connectivity index (χ0v) is 32.0. The zero-order valence-electron chi connectivity index (χ0n) is 32.0. The van der Waals surface area contributed by atoms with Crippen molar-refractivity contribution in [1.29, 1.82) is 0 Å². The number of carbonyl (C=O) groups excluding carboxylic acids is 1. The molecule has 288 valence electrons. The quantitative estimate of drug-likeness (QED) is 0.0386. The molecule has 0 aromatic carbocycles. The van der Waals surface area contributed by atoms with Gasteiger partial charge in [0.25, 0.3) is 0 Å². The molecule has 48 heavy (non-hydrogen) atoms. The highest BCUT2D eigenvalue weighted by Crippen LogP contribution is 2.14. The Kier molecular flexibility index (Phi) is 39.6. The molecule has 0 radical (unpaired) electrons. The maximum atomic E-state index is 12.4. The zero-order chi connectivity index (χ0) is 35.0. The van der Waals surface area contributed by atoms with Crippen molar-refractivity contribution in [3.63, 3.8) is 0 Å². The van der Waals surface area contributed by atoms with E-state index in [2.05, 4.69) is 28.9 Å². The number of nitrogens with one attached hydrogen (secondary N) is 1. The molecule has 0 heterocycles. The summed E-state index contributed by atoms with van der Waals surface area (Å²) in [4.78, 5) is 31.8. The molecule has 1 N–H and O–H groups in total. The Morgan fingerprint density at radius 1 is 0.521 bits per heavy atom. The first kappa shape index (κ1) is 47.0. The number of alkyl carbamates (subject to hydrolysis) is 1. The van der Waals surface area contributed by atoms with E-state index >= 15 is 0 Å². The van der Waals surface area contributed by atoms with Gasteiger partial charge in [0.1, 0.15) is 0 Å². The van der Waals surface area contributed by atoms with Gasteiger partial charge in [0.15, 0.2) is 0 Å². The van der Waals surface area contributed by atoms with Gasteiger partial charge in [-0.15, -0.1) is 0 Å². The monoisotopic (exact) mass is 690 g/mol. The number of unbranched alkanes of at least 4 members (excludes halogenated alkanes) is 22. The second-order valence-corrected chi connectivity index (χ2v) is 13.4. The van der Waals surface area contributed by atoms with E-state index in [9.17, 15) is 4.79 Å². The van der Waals surface area contributed by atoms with Crippen molar-refractivity contribution in [1.82, 2.24) is 5.32 Å². The van der Waals surface area contributed by atoms with E-state index in [-0.39, 0.29) is 18.6 Å². The third-order valence-corrected chi connectivity index (χ3v) is 8.87. The van der Waals surface area contributed by atoms with Gasteiger partial charge in [0.05, 0.1) is 46.8 Å². The molecule has 9 heteroatoms. The van der Waals surface area contributed by atoms with Gasteiger partial charge in [-0.2, -0.15) is 0 Å². The summed E-state index contributed by atoms with van der Waals surface area (Å²) in [5.74, 6) is -0.0296. The molecular formula is C39H79NO8. The highest BCUT2D eigenvalue weighted by molar-refractivity contribution is 5.67. The molecule has 1 atom stereocenters. The van der Waals surface area contributed by atoms with Crippen LogP contribution >= 0.6 is 0 Å². The highest BCUT2D eigenvalue weighted by Gasteiger charge is 2.15. The molecule has 0 spiro atoms. The van der Waals surface area contributed by atoms with Crippen LogP contribution in [0.4, 0.5) is 4.79 Å². The van der Waals surface area contributed by atoms with Gasteiger partial charge in [-0.1, -0.05) is 155 Å². The fourth-order valence-electron chi connectivity index (χ4n) is 5.73. The summed E-state index contributed by atoms with van der Waals surface area (Å²) < 4.78 is 17.6. The molecule has 1 unspecified atom stereocenters. The molecule has 0 aliphatic carbocycles. The lowest BCUT2D eigenvalue weighted by Gasteiger charge is -2.19. The van der Waals surface area contributed by atoms with Crippen LogP contribution in [0.2, 0.25) is 0 Å².